The zero-order valence-corrected chi connectivity index (χ0v) is 19.4. The van der Waals surface area contributed by atoms with Crippen LogP contribution in [0.4, 0.5) is 21.5 Å². The van der Waals surface area contributed by atoms with Gasteiger partial charge in [-0.1, -0.05) is 6.07 Å². The minimum Gasteiger partial charge on any atom is -0.495 e. The third-order valence-corrected chi connectivity index (χ3v) is 6.21. The Bertz CT molecular complexity index is 1190. The van der Waals surface area contributed by atoms with E-state index in [1.807, 2.05) is 13.0 Å². The Morgan fingerprint density at radius 1 is 1.21 bits per heavy atom. The fourth-order valence-electron chi connectivity index (χ4n) is 4.31. The van der Waals surface area contributed by atoms with Gasteiger partial charge in [-0.25, -0.2) is 4.39 Å². The fourth-order valence-corrected chi connectivity index (χ4v) is 4.31. The number of amides is 1. The number of nitrogens with two attached hydrogens (primary N) is 1. The SMILES string of the molecule is COc1cc2nnc(C(N)=O)c(Nc3ccc(C)cc3F)c2cc1N1CCC(N(C)C)CC1. The number of aryl methyl sites for hydroxylation is 1. The molecule has 0 spiro atoms. The number of halogens is 1. The van der Waals surface area contributed by atoms with Crippen LogP contribution in [-0.2, 0) is 0 Å². The number of hydrogen-bond acceptors (Lipinski definition) is 7. The van der Waals surface area contributed by atoms with E-state index in [-0.39, 0.29) is 11.4 Å². The maximum atomic E-state index is 14.6. The van der Waals surface area contributed by atoms with E-state index < -0.39 is 11.7 Å². The molecule has 3 aromatic rings. The van der Waals surface area contributed by atoms with Crippen LogP contribution in [-0.4, -0.2) is 61.3 Å². The summed E-state index contributed by atoms with van der Waals surface area (Å²) in [6.45, 7) is 3.53. The number of rotatable bonds is 6. The molecule has 1 aliphatic heterocycles. The number of anilines is 3. The molecule has 1 amide bonds. The minimum atomic E-state index is -0.747. The van der Waals surface area contributed by atoms with Crippen LogP contribution in [0.2, 0.25) is 0 Å². The summed E-state index contributed by atoms with van der Waals surface area (Å²) in [7, 11) is 5.81. The standard InChI is InChI=1S/C24H29FN6O2/c1-14-5-6-18(17(25)11-14)27-22-16-12-20(31-9-7-15(8-10-31)30(2)3)21(33-4)13-19(16)28-29-23(22)24(26)32/h5-6,11-13,15H,7-10H2,1-4H3,(H2,26,32)(H,27,28). The summed E-state index contributed by atoms with van der Waals surface area (Å²) >= 11 is 0. The van der Waals surface area contributed by atoms with Crippen LogP contribution in [0, 0.1) is 12.7 Å². The van der Waals surface area contributed by atoms with E-state index >= 15 is 0 Å². The molecule has 0 radical (unpaired) electrons. The van der Waals surface area contributed by atoms with Crippen molar-refractivity contribution in [3.63, 3.8) is 0 Å². The van der Waals surface area contributed by atoms with Crippen molar-refractivity contribution in [2.45, 2.75) is 25.8 Å². The van der Waals surface area contributed by atoms with E-state index in [0.717, 1.165) is 37.2 Å². The quantitative estimate of drug-likeness (QED) is 0.591. The third kappa shape index (κ3) is 4.54. The summed E-state index contributed by atoms with van der Waals surface area (Å²) in [5.74, 6) is -0.516. The van der Waals surface area contributed by atoms with Crippen LogP contribution in [0.3, 0.4) is 0 Å². The van der Waals surface area contributed by atoms with Crippen LogP contribution < -0.4 is 20.7 Å². The predicted octanol–water partition coefficient (Wildman–Crippen LogP) is 3.46. The predicted molar refractivity (Wildman–Crippen MR) is 128 cm³/mol. The number of carbonyl (C=O) groups excluding carboxylic acids is 1. The number of primary amides is 1. The number of fused-ring (bicyclic) bond motifs is 1. The molecule has 0 aliphatic carbocycles. The molecule has 0 unspecified atom stereocenters. The summed E-state index contributed by atoms with van der Waals surface area (Å²) in [4.78, 5) is 16.7. The number of methoxy groups -OCH3 is 1. The normalized spacial score (nSPS) is 14.7. The molecule has 174 valence electrons. The summed E-state index contributed by atoms with van der Waals surface area (Å²) in [6, 6.07) is 9.07. The van der Waals surface area contributed by atoms with Crippen LogP contribution >= 0.6 is 0 Å². The Hall–Kier alpha value is -3.46. The monoisotopic (exact) mass is 452 g/mol. The van der Waals surface area contributed by atoms with Gasteiger partial charge in [0.05, 0.1) is 29.7 Å². The Kier molecular flexibility index (Phi) is 6.33. The van der Waals surface area contributed by atoms with Crippen LogP contribution in [0.15, 0.2) is 30.3 Å². The highest BCUT2D eigenvalue weighted by molar-refractivity contribution is 6.07. The number of piperidine rings is 1. The van der Waals surface area contributed by atoms with E-state index in [9.17, 15) is 9.18 Å². The average Bonchev–Trinajstić information content (AvgIpc) is 2.79. The lowest BCUT2D eigenvalue weighted by atomic mass is 10.0. The first-order valence-corrected chi connectivity index (χ1v) is 10.9. The third-order valence-electron chi connectivity index (χ3n) is 6.21. The first-order chi connectivity index (χ1) is 15.8. The summed E-state index contributed by atoms with van der Waals surface area (Å²) in [6.07, 6.45) is 2.05. The minimum absolute atomic E-state index is 0.0510. The summed E-state index contributed by atoms with van der Waals surface area (Å²) < 4.78 is 20.3. The molecular formula is C24H29FN6O2. The topological polar surface area (TPSA) is 96.6 Å². The number of ether oxygens (including phenoxy) is 1. The zero-order chi connectivity index (χ0) is 23.7. The lowest BCUT2D eigenvalue weighted by Gasteiger charge is -2.37. The van der Waals surface area contributed by atoms with Gasteiger partial charge in [0.25, 0.3) is 5.91 Å². The summed E-state index contributed by atoms with van der Waals surface area (Å²) in [5.41, 5.74) is 8.27. The number of benzene rings is 2. The average molecular weight is 453 g/mol. The lowest BCUT2D eigenvalue weighted by molar-refractivity contribution is 0.0995. The van der Waals surface area contributed by atoms with Gasteiger partial charge in [-0.15, -0.1) is 10.2 Å². The molecule has 2 aromatic carbocycles. The maximum absolute atomic E-state index is 14.6. The van der Waals surface area contributed by atoms with Gasteiger partial charge < -0.3 is 25.6 Å². The Balaban J connectivity index is 1.82. The molecule has 8 nitrogen and oxygen atoms in total. The fraction of sp³-hybridized carbons (Fsp3) is 0.375. The highest BCUT2D eigenvalue weighted by Gasteiger charge is 2.25. The van der Waals surface area contributed by atoms with Gasteiger partial charge in [-0.2, -0.15) is 0 Å². The van der Waals surface area contributed by atoms with E-state index in [4.69, 9.17) is 10.5 Å². The second-order valence-electron chi connectivity index (χ2n) is 8.62. The smallest absolute Gasteiger partial charge is 0.271 e. The van der Waals surface area contributed by atoms with E-state index in [0.29, 0.717) is 28.4 Å². The van der Waals surface area contributed by atoms with Crippen molar-refractivity contribution < 1.29 is 13.9 Å². The second kappa shape index (κ2) is 9.19. The summed E-state index contributed by atoms with van der Waals surface area (Å²) in [5, 5.41) is 11.8. The van der Waals surface area contributed by atoms with Crippen molar-refractivity contribution in [1.29, 1.82) is 0 Å². The van der Waals surface area contributed by atoms with Gasteiger partial charge in [0.1, 0.15) is 11.6 Å². The van der Waals surface area contributed by atoms with E-state index in [1.165, 1.54) is 6.07 Å². The molecule has 9 heteroatoms. The first kappa shape index (κ1) is 22.7. The molecule has 33 heavy (non-hydrogen) atoms. The lowest BCUT2D eigenvalue weighted by Crippen LogP contribution is -2.42. The first-order valence-electron chi connectivity index (χ1n) is 10.9. The second-order valence-corrected chi connectivity index (χ2v) is 8.62. The van der Waals surface area contributed by atoms with Crippen LogP contribution in [0.1, 0.15) is 28.9 Å². The number of nitrogens with one attached hydrogen (secondary N) is 1. The van der Waals surface area contributed by atoms with Crippen molar-refractivity contribution in [3.05, 3.63) is 47.4 Å². The molecule has 0 saturated carbocycles. The number of nitrogens with zero attached hydrogens (tertiary/aromatic N) is 4. The van der Waals surface area contributed by atoms with Crippen LogP contribution in [0.25, 0.3) is 10.9 Å². The van der Waals surface area contributed by atoms with Gasteiger partial charge in [0, 0.05) is 30.6 Å². The highest BCUT2D eigenvalue weighted by Crippen LogP contribution is 2.38. The molecule has 1 aliphatic rings. The Morgan fingerprint density at radius 3 is 2.55 bits per heavy atom. The van der Waals surface area contributed by atoms with Crippen molar-refractivity contribution in [2.75, 3.05) is 44.5 Å². The van der Waals surface area contributed by atoms with Gasteiger partial charge >= 0.3 is 0 Å². The zero-order valence-electron chi connectivity index (χ0n) is 19.4. The van der Waals surface area contributed by atoms with Crippen molar-refractivity contribution in [2.24, 2.45) is 5.73 Å². The van der Waals surface area contributed by atoms with Crippen molar-refractivity contribution >= 4 is 33.9 Å². The molecule has 2 heterocycles. The molecule has 3 N–H and O–H groups in total. The Morgan fingerprint density at radius 2 is 1.94 bits per heavy atom. The van der Waals surface area contributed by atoms with E-state index in [2.05, 4.69) is 39.4 Å². The molecule has 1 saturated heterocycles. The van der Waals surface area contributed by atoms with Gasteiger partial charge in [0.15, 0.2) is 5.69 Å². The molecular weight excluding hydrogens is 423 g/mol. The molecule has 1 aromatic heterocycles. The van der Waals surface area contributed by atoms with Crippen molar-refractivity contribution in [3.8, 4) is 5.75 Å². The van der Waals surface area contributed by atoms with Crippen LogP contribution in [0.5, 0.6) is 5.75 Å². The number of aromatic nitrogens is 2. The molecule has 0 bridgehead atoms. The van der Waals surface area contributed by atoms with E-state index in [1.54, 1.807) is 25.3 Å². The molecule has 0 atom stereocenters. The van der Waals surface area contributed by atoms with Gasteiger partial charge in [-0.05, 0) is 57.6 Å². The maximum Gasteiger partial charge on any atom is 0.271 e. The number of carbonyl (C=O) groups is 1. The molecule has 4 rings (SSSR count). The molecule has 1 fully saturated rings. The van der Waals surface area contributed by atoms with Crippen molar-refractivity contribution in [1.82, 2.24) is 15.1 Å². The van der Waals surface area contributed by atoms with Gasteiger partial charge in [-0.3, -0.25) is 4.79 Å². The number of hydrogen-bond donors (Lipinski definition) is 2. The highest BCUT2D eigenvalue weighted by atomic mass is 19.1. The van der Waals surface area contributed by atoms with Gasteiger partial charge in [0.2, 0.25) is 0 Å². The Labute approximate surface area is 192 Å². The largest absolute Gasteiger partial charge is 0.495 e.